The molecule has 0 saturated heterocycles. The normalized spacial score (nSPS) is 20.5. The molecule has 124 valence electrons. The van der Waals surface area contributed by atoms with Gasteiger partial charge in [0.15, 0.2) is 0 Å². The first-order valence-corrected chi connectivity index (χ1v) is 7.78. The molecule has 0 aromatic heterocycles. The van der Waals surface area contributed by atoms with Crippen LogP contribution in [0.5, 0.6) is 0 Å². The first kappa shape index (κ1) is 18.9. The summed E-state index contributed by atoms with van der Waals surface area (Å²) >= 11 is 0. The van der Waals surface area contributed by atoms with Crippen molar-refractivity contribution < 1.29 is 9.53 Å². The summed E-state index contributed by atoms with van der Waals surface area (Å²) in [6.45, 7) is 1.79. The van der Waals surface area contributed by atoms with Gasteiger partial charge in [0.2, 0.25) is 5.91 Å². The lowest BCUT2D eigenvalue weighted by Crippen LogP contribution is -2.34. The average molecular weight is 327 g/mol. The molecule has 0 unspecified atom stereocenters. The van der Waals surface area contributed by atoms with Crippen LogP contribution in [-0.2, 0) is 16.1 Å². The number of halogens is 1. The quantitative estimate of drug-likeness (QED) is 0.784. The van der Waals surface area contributed by atoms with E-state index in [0.717, 1.165) is 24.8 Å². The Bertz CT molecular complexity index is 442. The smallest absolute Gasteiger partial charge is 0.222 e. The minimum absolute atomic E-state index is 0. The fourth-order valence-corrected chi connectivity index (χ4v) is 2.79. The molecule has 1 aliphatic carbocycles. The second-order valence-electron chi connectivity index (χ2n) is 5.91. The van der Waals surface area contributed by atoms with Gasteiger partial charge in [-0.3, -0.25) is 4.79 Å². The summed E-state index contributed by atoms with van der Waals surface area (Å²) in [7, 11) is 1.84. The lowest BCUT2D eigenvalue weighted by atomic mass is 9.99. The Balaban J connectivity index is 0.00000242. The van der Waals surface area contributed by atoms with Gasteiger partial charge in [-0.1, -0.05) is 36.8 Å². The minimum atomic E-state index is 0. The predicted molar refractivity (Wildman–Crippen MR) is 90.9 cm³/mol. The number of hydrogen-bond acceptors (Lipinski definition) is 3. The summed E-state index contributed by atoms with van der Waals surface area (Å²) in [5, 5.41) is 0. The maximum atomic E-state index is 12.1. The Morgan fingerprint density at radius 2 is 2.05 bits per heavy atom. The van der Waals surface area contributed by atoms with Crippen LogP contribution in [0, 0.1) is 5.92 Å². The Morgan fingerprint density at radius 1 is 1.32 bits per heavy atom. The zero-order chi connectivity index (χ0) is 15.1. The molecule has 0 radical (unpaired) electrons. The molecule has 5 heteroatoms. The van der Waals surface area contributed by atoms with Crippen molar-refractivity contribution in [1.29, 1.82) is 0 Å². The van der Waals surface area contributed by atoms with Gasteiger partial charge in [0, 0.05) is 26.1 Å². The predicted octanol–water partition coefficient (Wildman–Crippen LogP) is 2.60. The van der Waals surface area contributed by atoms with Gasteiger partial charge in [0.05, 0.1) is 13.2 Å². The van der Waals surface area contributed by atoms with Crippen LogP contribution in [0.25, 0.3) is 0 Å². The number of nitrogens with zero attached hydrogens (tertiary/aromatic N) is 1. The molecule has 1 aliphatic rings. The largest absolute Gasteiger partial charge is 0.375 e. The summed E-state index contributed by atoms with van der Waals surface area (Å²) in [6.07, 6.45) is 3.88. The van der Waals surface area contributed by atoms with Gasteiger partial charge in [-0.2, -0.15) is 0 Å². The van der Waals surface area contributed by atoms with Gasteiger partial charge >= 0.3 is 0 Å². The molecule has 1 amide bonds. The van der Waals surface area contributed by atoms with Crippen molar-refractivity contribution >= 4 is 18.3 Å². The minimum Gasteiger partial charge on any atom is -0.375 e. The average Bonchev–Trinajstić information content (AvgIpc) is 2.89. The van der Waals surface area contributed by atoms with Gasteiger partial charge in [0.1, 0.15) is 0 Å². The van der Waals surface area contributed by atoms with Crippen molar-refractivity contribution in [2.45, 2.75) is 38.3 Å². The zero-order valence-electron chi connectivity index (χ0n) is 13.2. The number of carbonyl (C=O) groups excluding carboxylic acids is 1. The lowest BCUT2D eigenvalue weighted by molar-refractivity contribution is -0.131. The molecule has 1 aromatic rings. The standard InChI is InChI=1S/C17H26N2O2.ClH/c1-19(17(20)12-15-8-5-9-16(15)18)10-11-21-13-14-6-3-2-4-7-14;/h2-4,6-7,15-16H,5,8-13,18H2,1H3;1H/t15-,16+;/m0./s1. The number of carbonyl (C=O) groups is 1. The highest BCUT2D eigenvalue weighted by Crippen LogP contribution is 2.27. The highest BCUT2D eigenvalue weighted by molar-refractivity contribution is 5.85. The molecular weight excluding hydrogens is 300 g/mol. The highest BCUT2D eigenvalue weighted by atomic mass is 35.5. The number of rotatable bonds is 7. The second kappa shape index (κ2) is 9.82. The van der Waals surface area contributed by atoms with E-state index in [1.54, 1.807) is 4.90 Å². The van der Waals surface area contributed by atoms with Gasteiger partial charge in [-0.15, -0.1) is 12.4 Å². The van der Waals surface area contributed by atoms with Gasteiger partial charge in [0.25, 0.3) is 0 Å². The summed E-state index contributed by atoms with van der Waals surface area (Å²) in [5.41, 5.74) is 7.17. The number of likely N-dealkylation sites (N-methyl/N-ethyl adjacent to an activating group) is 1. The van der Waals surface area contributed by atoms with Crippen LogP contribution in [0.3, 0.4) is 0 Å². The molecule has 2 rings (SSSR count). The molecule has 2 N–H and O–H groups in total. The summed E-state index contributed by atoms with van der Waals surface area (Å²) < 4.78 is 5.61. The van der Waals surface area contributed by atoms with Crippen LogP contribution in [0.2, 0.25) is 0 Å². The van der Waals surface area contributed by atoms with Crippen molar-refractivity contribution in [3.05, 3.63) is 35.9 Å². The number of amides is 1. The fourth-order valence-electron chi connectivity index (χ4n) is 2.79. The summed E-state index contributed by atoms with van der Waals surface area (Å²) in [5.74, 6) is 0.547. The van der Waals surface area contributed by atoms with E-state index >= 15 is 0 Å². The van der Waals surface area contributed by atoms with E-state index in [9.17, 15) is 4.79 Å². The maximum absolute atomic E-state index is 12.1. The van der Waals surface area contributed by atoms with Crippen LogP contribution in [-0.4, -0.2) is 37.0 Å². The Kier molecular flexibility index (Phi) is 8.46. The van der Waals surface area contributed by atoms with Crippen LogP contribution in [0.15, 0.2) is 30.3 Å². The fraction of sp³-hybridized carbons (Fsp3) is 0.588. The van der Waals surface area contributed by atoms with Crippen LogP contribution in [0.4, 0.5) is 0 Å². The Morgan fingerprint density at radius 3 is 2.68 bits per heavy atom. The number of ether oxygens (including phenoxy) is 1. The van der Waals surface area contributed by atoms with Crippen LogP contribution in [0.1, 0.15) is 31.2 Å². The molecule has 1 saturated carbocycles. The van der Waals surface area contributed by atoms with Crippen LogP contribution >= 0.6 is 12.4 Å². The van der Waals surface area contributed by atoms with Crippen molar-refractivity contribution in [2.24, 2.45) is 11.7 Å². The molecular formula is C17H27ClN2O2. The molecule has 1 aromatic carbocycles. The molecule has 2 atom stereocenters. The van der Waals surface area contributed by atoms with E-state index in [0.29, 0.717) is 32.1 Å². The molecule has 4 nitrogen and oxygen atoms in total. The highest BCUT2D eigenvalue weighted by Gasteiger charge is 2.26. The number of benzene rings is 1. The van der Waals surface area contributed by atoms with Crippen molar-refractivity contribution in [2.75, 3.05) is 20.2 Å². The number of nitrogens with two attached hydrogens (primary N) is 1. The maximum Gasteiger partial charge on any atom is 0.222 e. The Hall–Kier alpha value is -1.10. The van der Waals surface area contributed by atoms with Crippen molar-refractivity contribution in [3.8, 4) is 0 Å². The van der Waals surface area contributed by atoms with E-state index < -0.39 is 0 Å². The van der Waals surface area contributed by atoms with Gasteiger partial charge in [-0.25, -0.2) is 0 Å². The third-order valence-corrected chi connectivity index (χ3v) is 4.26. The first-order chi connectivity index (χ1) is 10.2. The van der Waals surface area contributed by atoms with Gasteiger partial charge < -0.3 is 15.4 Å². The van der Waals surface area contributed by atoms with E-state index in [-0.39, 0.29) is 24.4 Å². The van der Waals surface area contributed by atoms with E-state index in [1.165, 1.54) is 0 Å². The SMILES string of the molecule is CN(CCOCc1ccccc1)C(=O)C[C@@H]1CCC[C@H]1N.Cl. The third kappa shape index (κ3) is 5.95. The van der Waals surface area contributed by atoms with E-state index in [2.05, 4.69) is 0 Å². The van der Waals surface area contributed by atoms with Gasteiger partial charge in [-0.05, 0) is 24.3 Å². The lowest BCUT2D eigenvalue weighted by Gasteiger charge is -2.21. The molecule has 0 spiro atoms. The molecule has 0 heterocycles. The monoisotopic (exact) mass is 326 g/mol. The zero-order valence-corrected chi connectivity index (χ0v) is 14.1. The van der Waals surface area contributed by atoms with Crippen molar-refractivity contribution in [3.63, 3.8) is 0 Å². The number of hydrogen-bond donors (Lipinski definition) is 1. The third-order valence-electron chi connectivity index (χ3n) is 4.26. The topological polar surface area (TPSA) is 55.6 Å². The molecule has 0 aliphatic heterocycles. The van der Waals surface area contributed by atoms with E-state index in [4.69, 9.17) is 10.5 Å². The Labute approximate surface area is 139 Å². The molecule has 22 heavy (non-hydrogen) atoms. The summed E-state index contributed by atoms with van der Waals surface area (Å²) in [6, 6.07) is 10.3. The first-order valence-electron chi connectivity index (χ1n) is 7.78. The summed E-state index contributed by atoms with van der Waals surface area (Å²) in [4.78, 5) is 13.9. The molecule has 0 bridgehead atoms. The van der Waals surface area contributed by atoms with Crippen LogP contribution < -0.4 is 5.73 Å². The second-order valence-corrected chi connectivity index (χ2v) is 5.91. The van der Waals surface area contributed by atoms with Crippen molar-refractivity contribution in [1.82, 2.24) is 4.90 Å². The van der Waals surface area contributed by atoms with E-state index in [1.807, 2.05) is 37.4 Å². The molecule has 1 fully saturated rings.